The van der Waals surface area contributed by atoms with E-state index < -0.39 is 0 Å². The fourth-order valence-electron chi connectivity index (χ4n) is 3.29. The summed E-state index contributed by atoms with van der Waals surface area (Å²) in [5.74, 6) is 0.621. The smallest absolute Gasteiger partial charge is 0.274 e. The third-order valence-electron chi connectivity index (χ3n) is 4.92. The van der Waals surface area contributed by atoms with Crippen molar-refractivity contribution in [1.29, 1.82) is 0 Å². The molecular formula is C20H23N5O4S. The maximum absolute atomic E-state index is 12.8. The van der Waals surface area contributed by atoms with Gasteiger partial charge in [-0.3, -0.25) is 14.5 Å². The average molecular weight is 430 g/mol. The molecule has 4 rings (SSSR count). The van der Waals surface area contributed by atoms with Crippen LogP contribution in [0.2, 0.25) is 0 Å². The Kier molecular flexibility index (Phi) is 6.36. The number of piperazine rings is 1. The fourth-order valence-corrected chi connectivity index (χ4v) is 4.07. The molecule has 9 nitrogen and oxygen atoms in total. The highest BCUT2D eigenvalue weighted by atomic mass is 32.1. The van der Waals surface area contributed by atoms with E-state index in [4.69, 9.17) is 9.15 Å². The molecule has 0 N–H and O–H groups in total. The summed E-state index contributed by atoms with van der Waals surface area (Å²) in [6.45, 7) is 4.13. The molecule has 158 valence electrons. The van der Waals surface area contributed by atoms with Crippen molar-refractivity contribution in [3.05, 3.63) is 57.7 Å². The van der Waals surface area contributed by atoms with Crippen molar-refractivity contribution in [2.75, 3.05) is 39.9 Å². The van der Waals surface area contributed by atoms with Gasteiger partial charge in [-0.1, -0.05) is 0 Å². The Labute approximate surface area is 177 Å². The number of nitrogens with zero attached hydrogens (tertiary/aromatic N) is 5. The first-order valence-corrected chi connectivity index (χ1v) is 10.6. The lowest BCUT2D eigenvalue weighted by Crippen LogP contribution is -2.48. The predicted molar refractivity (Wildman–Crippen MR) is 111 cm³/mol. The van der Waals surface area contributed by atoms with Crippen molar-refractivity contribution in [1.82, 2.24) is 24.6 Å². The third-order valence-corrected chi connectivity index (χ3v) is 5.83. The van der Waals surface area contributed by atoms with E-state index in [0.717, 1.165) is 36.1 Å². The number of thiazole rings is 1. The number of hydrogen-bond acceptors (Lipinski definition) is 8. The van der Waals surface area contributed by atoms with Gasteiger partial charge in [-0.25, -0.2) is 9.67 Å². The molecule has 1 amide bonds. The van der Waals surface area contributed by atoms with Gasteiger partial charge < -0.3 is 14.1 Å². The number of furan rings is 1. The fraction of sp³-hybridized carbons (Fsp3) is 0.400. The molecule has 10 heteroatoms. The molecule has 3 aromatic heterocycles. The Hall–Kier alpha value is -2.82. The number of methoxy groups -OCH3 is 1. The standard InChI is InChI=1S/C20H23N5O4S/c1-28-12-10-25-18(26)5-4-16(22-25)20(27)24-8-6-23(7-9-24)13-15-14-30-19(21-15)17-3-2-11-29-17/h2-5,11,14H,6-10,12-13H2,1H3. The van der Waals surface area contributed by atoms with Gasteiger partial charge in [-0.15, -0.1) is 11.3 Å². The zero-order valence-electron chi connectivity index (χ0n) is 16.7. The molecule has 0 atom stereocenters. The molecule has 1 aliphatic heterocycles. The van der Waals surface area contributed by atoms with Gasteiger partial charge in [-0.2, -0.15) is 5.10 Å². The van der Waals surface area contributed by atoms with Gasteiger partial charge in [0, 0.05) is 51.3 Å². The number of aromatic nitrogens is 3. The van der Waals surface area contributed by atoms with Gasteiger partial charge in [-0.05, 0) is 18.2 Å². The third kappa shape index (κ3) is 4.66. The summed E-state index contributed by atoms with van der Waals surface area (Å²) >= 11 is 1.57. The predicted octanol–water partition coefficient (Wildman–Crippen LogP) is 1.56. The minimum Gasteiger partial charge on any atom is -0.462 e. The number of rotatable bonds is 7. The normalized spacial score (nSPS) is 14.9. The average Bonchev–Trinajstić information content (AvgIpc) is 3.45. The molecule has 1 fully saturated rings. The summed E-state index contributed by atoms with van der Waals surface area (Å²) in [4.78, 5) is 33.4. The summed E-state index contributed by atoms with van der Waals surface area (Å²) in [7, 11) is 1.56. The molecule has 0 radical (unpaired) electrons. The minimum atomic E-state index is -0.245. The van der Waals surface area contributed by atoms with E-state index >= 15 is 0 Å². The lowest BCUT2D eigenvalue weighted by atomic mass is 10.2. The number of hydrogen-bond donors (Lipinski definition) is 0. The number of carbonyl (C=O) groups excluding carboxylic acids is 1. The van der Waals surface area contributed by atoms with Crippen LogP contribution in [0.4, 0.5) is 0 Å². The van der Waals surface area contributed by atoms with Crippen LogP contribution < -0.4 is 5.56 Å². The minimum absolute atomic E-state index is 0.158. The summed E-state index contributed by atoms with van der Waals surface area (Å²) in [5.41, 5.74) is 1.03. The SMILES string of the molecule is COCCn1nc(C(=O)N2CCN(Cc3csc(-c4ccco4)n3)CC2)ccc1=O. The van der Waals surface area contributed by atoms with E-state index in [9.17, 15) is 9.59 Å². The molecule has 1 saturated heterocycles. The van der Waals surface area contributed by atoms with Crippen LogP contribution in [0.25, 0.3) is 10.8 Å². The van der Waals surface area contributed by atoms with E-state index in [1.807, 2.05) is 17.5 Å². The molecule has 0 unspecified atom stereocenters. The maximum atomic E-state index is 12.8. The topological polar surface area (TPSA) is 93.7 Å². The van der Waals surface area contributed by atoms with Gasteiger partial charge in [0.2, 0.25) is 0 Å². The Balaban J connectivity index is 1.33. The highest BCUT2D eigenvalue weighted by Crippen LogP contribution is 2.24. The van der Waals surface area contributed by atoms with E-state index in [2.05, 4.69) is 15.0 Å². The van der Waals surface area contributed by atoms with Crippen LogP contribution in [0.3, 0.4) is 0 Å². The first-order chi connectivity index (χ1) is 14.6. The summed E-state index contributed by atoms with van der Waals surface area (Å²) in [5, 5.41) is 7.12. The summed E-state index contributed by atoms with van der Waals surface area (Å²) in [6, 6.07) is 6.63. The monoisotopic (exact) mass is 429 g/mol. The highest BCUT2D eigenvalue weighted by Gasteiger charge is 2.24. The summed E-state index contributed by atoms with van der Waals surface area (Å²) < 4.78 is 11.7. The number of carbonyl (C=O) groups is 1. The Morgan fingerprint density at radius 1 is 1.23 bits per heavy atom. The van der Waals surface area contributed by atoms with Crippen LogP contribution in [-0.2, 0) is 17.8 Å². The molecule has 0 aliphatic carbocycles. The molecule has 1 aliphatic rings. The van der Waals surface area contributed by atoms with Crippen molar-refractivity contribution in [3.63, 3.8) is 0 Å². The quantitative estimate of drug-likeness (QED) is 0.563. The second-order valence-electron chi connectivity index (χ2n) is 6.96. The molecule has 0 spiro atoms. The van der Waals surface area contributed by atoms with Crippen LogP contribution in [-0.4, -0.2) is 70.4 Å². The van der Waals surface area contributed by atoms with Crippen molar-refractivity contribution in [2.45, 2.75) is 13.1 Å². The first kappa shape index (κ1) is 20.5. The van der Waals surface area contributed by atoms with Crippen LogP contribution in [0.15, 0.2) is 45.1 Å². The van der Waals surface area contributed by atoms with Gasteiger partial charge in [0.05, 0.1) is 25.1 Å². The van der Waals surface area contributed by atoms with Gasteiger partial charge >= 0.3 is 0 Å². The number of amides is 1. The molecule has 0 aromatic carbocycles. The molecule has 30 heavy (non-hydrogen) atoms. The molecule has 0 bridgehead atoms. The molecule has 0 saturated carbocycles. The number of ether oxygens (including phenoxy) is 1. The molecule has 4 heterocycles. The van der Waals surface area contributed by atoms with Crippen LogP contribution in [0.1, 0.15) is 16.2 Å². The van der Waals surface area contributed by atoms with Crippen molar-refractivity contribution in [2.24, 2.45) is 0 Å². The Morgan fingerprint density at radius 3 is 2.80 bits per heavy atom. The van der Waals surface area contributed by atoms with Crippen molar-refractivity contribution >= 4 is 17.2 Å². The van der Waals surface area contributed by atoms with E-state index in [-0.39, 0.29) is 17.2 Å². The zero-order valence-corrected chi connectivity index (χ0v) is 17.5. The highest BCUT2D eigenvalue weighted by molar-refractivity contribution is 7.13. The second kappa shape index (κ2) is 9.33. The van der Waals surface area contributed by atoms with Gasteiger partial charge in [0.15, 0.2) is 10.8 Å². The van der Waals surface area contributed by atoms with E-state index in [1.165, 1.54) is 16.8 Å². The second-order valence-corrected chi connectivity index (χ2v) is 7.82. The Bertz CT molecular complexity index is 1040. The van der Waals surface area contributed by atoms with Gasteiger partial charge in [0.1, 0.15) is 5.69 Å². The van der Waals surface area contributed by atoms with Crippen molar-refractivity contribution in [3.8, 4) is 10.8 Å². The van der Waals surface area contributed by atoms with Crippen LogP contribution in [0, 0.1) is 0 Å². The molecular weight excluding hydrogens is 406 g/mol. The lowest BCUT2D eigenvalue weighted by Gasteiger charge is -2.34. The maximum Gasteiger partial charge on any atom is 0.274 e. The first-order valence-electron chi connectivity index (χ1n) is 9.71. The van der Waals surface area contributed by atoms with E-state index in [0.29, 0.717) is 26.2 Å². The van der Waals surface area contributed by atoms with Crippen LogP contribution in [0.5, 0.6) is 0 Å². The molecule has 3 aromatic rings. The van der Waals surface area contributed by atoms with Crippen molar-refractivity contribution < 1.29 is 13.9 Å². The zero-order chi connectivity index (χ0) is 20.9. The lowest BCUT2D eigenvalue weighted by molar-refractivity contribution is 0.0618. The summed E-state index contributed by atoms with van der Waals surface area (Å²) in [6.07, 6.45) is 1.64. The van der Waals surface area contributed by atoms with Crippen LogP contribution >= 0.6 is 11.3 Å². The van der Waals surface area contributed by atoms with E-state index in [1.54, 1.807) is 29.6 Å². The largest absolute Gasteiger partial charge is 0.462 e. The Morgan fingerprint density at radius 2 is 2.07 bits per heavy atom. The van der Waals surface area contributed by atoms with Gasteiger partial charge in [0.25, 0.3) is 11.5 Å².